The van der Waals surface area contributed by atoms with Crippen molar-refractivity contribution in [1.29, 1.82) is 0 Å². The topological polar surface area (TPSA) is 55.0 Å². The van der Waals surface area contributed by atoms with Gasteiger partial charge in [-0.2, -0.15) is 0 Å². The first-order valence-corrected chi connectivity index (χ1v) is 5.40. The van der Waals surface area contributed by atoms with Crippen LogP contribution in [0.3, 0.4) is 0 Å². The quantitative estimate of drug-likeness (QED) is 0.861. The molecule has 0 aliphatic rings. The van der Waals surface area contributed by atoms with Gasteiger partial charge in [-0.25, -0.2) is 9.78 Å². The molecule has 2 aromatic rings. The van der Waals surface area contributed by atoms with Gasteiger partial charge in [0.15, 0.2) is 0 Å². The van der Waals surface area contributed by atoms with Crippen LogP contribution in [0.1, 0.15) is 10.5 Å². The zero-order chi connectivity index (χ0) is 11.5. The van der Waals surface area contributed by atoms with Gasteiger partial charge in [0.2, 0.25) is 0 Å². The number of hydrogen-bond acceptors (Lipinski definition) is 3. The van der Waals surface area contributed by atoms with Crippen LogP contribution in [0.5, 0.6) is 0 Å². The number of rotatable bonds is 2. The van der Waals surface area contributed by atoms with Crippen LogP contribution in [-0.2, 0) is 4.74 Å². The molecule has 4 nitrogen and oxygen atoms in total. The van der Waals surface area contributed by atoms with E-state index in [1.807, 2.05) is 24.3 Å². The fourth-order valence-corrected chi connectivity index (χ4v) is 1.80. The Hall–Kier alpha value is -1.62. The lowest BCUT2D eigenvalue weighted by Crippen LogP contribution is -2.00. The average molecular weight is 281 g/mol. The summed E-state index contributed by atoms with van der Waals surface area (Å²) < 4.78 is 5.51. The summed E-state index contributed by atoms with van der Waals surface area (Å²) in [5, 5.41) is 0. The first kappa shape index (κ1) is 10.9. The second-order valence-electron chi connectivity index (χ2n) is 3.12. The van der Waals surface area contributed by atoms with E-state index in [0.717, 1.165) is 10.0 Å². The minimum atomic E-state index is -0.425. The van der Waals surface area contributed by atoms with Gasteiger partial charge in [0, 0.05) is 10.0 Å². The molecular weight excluding hydrogens is 272 g/mol. The second-order valence-corrected chi connectivity index (χ2v) is 3.97. The SMILES string of the molecule is COC(=O)c1cnc(-c2ccccc2Br)[nH]1. The van der Waals surface area contributed by atoms with Gasteiger partial charge >= 0.3 is 5.97 Å². The predicted octanol–water partition coefficient (Wildman–Crippen LogP) is 2.63. The molecule has 0 bridgehead atoms. The summed E-state index contributed by atoms with van der Waals surface area (Å²) in [6, 6.07) is 7.64. The summed E-state index contributed by atoms with van der Waals surface area (Å²) in [6.45, 7) is 0. The number of hydrogen-bond donors (Lipinski definition) is 1. The molecule has 1 heterocycles. The maximum Gasteiger partial charge on any atom is 0.356 e. The number of ether oxygens (including phenoxy) is 1. The number of nitrogens with one attached hydrogen (secondary N) is 1. The van der Waals surface area contributed by atoms with E-state index in [1.165, 1.54) is 13.3 Å². The maximum atomic E-state index is 11.2. The Morgan fingerprint density at radius 3 is 2.88 bits per heavy atom. The van der Waals surface area contributed by atoms with E-state index >= 15 is 0 Å². The summed E-state index contributed by atoms with van der Waals surface area (Å²) in [6.07, 6.45) is 1.46. The molecule has 0 aliphatic carbocycles. The molecule has 1 aromatic heterocycles. The van der Waals surface area contributed by atoms with Crippen molar-refractivity contribution in [2.45, 2.75) is 0 Å². The lowest BCUT2D eigenvalue weighted by molar-refractivity contribution is 0.0595. The zero-order valence-electron chi connectivity index (χ0n) is 8.53. The average Bonchev–Trinajstić information content (AvgIpc) is 2.78. The lowest BCUT2D eigenvalue weighted by Gasteiger charge is -1.99. The molecule has 0 spiro atoms. The van der Waals surface area contributed by atoms with Gasteiger partial charge in [-0.15, -0.1) is 0 Å². The largest absolute Gasteiger partial charge is 0.464 e. The van der Waals surface area contributed by atoms with Gasteiger partial charge in [0.25, 0.3) is 0 Å². The Balaban J connectivity index is 2.39. The molecule has 0 aliphatic heterocycles. The molecule has 5 heteroatoms. The van der Waals surface area contributed by atoms with Crippen molar-refractivity contribution in [3.8, 4) is 11.4 Å². The van der Waals surface area contributed by atoms with Gasteiger partial charge < -0.3 is 9.72 Å². The molecule has 0 amide bonds. The number of esters is 1. The van der Waals surface area contributed by atoms with Gasteiger partial charge in [-0.05, 0) is 6.07 Å². The number of imidazole rings is 1. The van der Waals surface area contributed by atoms with Crippen LogP contribution >= 0.6 is 15.9 Å². The molecule has 0 fully saturated rings. The van der Waals surface area contributed by atoms with Gasteiger partial charge in [0.1, 0.15) is 11.5 Å². The number of aromatic nitrogens is 2. The normalized spacial score (nSPS) is 10.1. The first-order chi connectivity index (χ1) is 7.72. The van der Waals surface area contributed by atoms with Crippen LogP contribution in [0.4, 0.5) is 0 Å². The van der Waals surface area contributed by atoms with Crippen molar-refractivity contribution < 1.29 is 9.53 Å². The maximum absolute atomic E-state index is 11.2. The van der Waals surface area contributed by atoms with Crippen LogP contribution in [0.25, 0.3) is 11.4 Å². The van der Waals surface area contributed by atoms with E-state index in [-0.39, 0.29) is 0 Å². The third-order valence-corrected chi connectivity index (χ3v) is 2.80. The number of nitrogens with zero attached hydrogens (tertiary/aromatic N) is 1. The van der Waals surface area contributed by atoms with E-state index in [1.54, 1.807) is 0 Å². The highest BCUT2D eigenvalue weighted by Gasteiger charge is 2.11. The van der Waals surface area contributed by atoms with E-state index in [9.17, 15) is 4.79 Å². The number of methoxy groups -OCH3 is 1. The number of H-pyrrole nitrogens is 1. The first-order valence-electron chi connectivity index (χ1n) is 4.60. The van der Waals surface area contributed by atoms with Gasteiger partial charge in [-0.1, -0.05) is 34.1 Å². The monoisotopic (exact) mass is 280 g/mol. The van der Waals surface area contributed by atoms with Crippen LogP contribution in [-0.4, -0.2) is 23.0 Å². The van der Waals surface area contributed by atoms with Crippen molar-refractivity contribution in [1.82, 2.24) is 9.97 Å². The molecule has 0 saturated carbocycles. The Morgan fingerprint density at radius 2 is 2.19 bits per heavy atom. The summed E-state index contributed by atoms with van der Waals surface area (Å²) in [7, 11) is 1.33. The third kappa shape index (κ3) is 1.99. The fraction of sp³-hybridized carbons (Fsp3) is 0.0909. The van der Waals surface area contributed by atoms with Gasteiger partial charge in [0.05, 0.1) is 13.3 Å². The van der Waals surface area contributed by atoms with Crippen molar-refractivity contribution in [3.05, 3.63) is 40.6 Å². The molecule has 0 atom stereocenters. The molecule has 82 valence electrons. The smallest absolute Gasteiger partial charge is 0.356 e. The molecule has 2 rings (SSSR count). The van der Waals surface area contributed by atoms with Crippen LogP contribution in [0.15, 0.2) is 34.9 Å². The van der Waals surface area contributed by atoms with Crippen molar-refractivity contribution >= 4 is 21.9 Å². The van der Waals surface area contributed by atoms with Gasteiger partial charge in [-0.3, -0.25) is 0 Å². The van der Waals surface area contributed by atoms with E-state index in [2.05, 4.69) is 30.6 Å². The molecule has 1 aromatic carbocycles. The van der Waals surface area contributed by atoms with Crippen LogP contribution in [0.2, 0.25) is 0 Å². The zero-order valence-corrected chi connectivity index (χ0v) is 10.1. The molecule has 0 radical (unpaired) electrons. The number of halogens is 1. The van der Waals surface area contributed by atoms with Crippen molar-refractivity contribution in [2.24, 2.45) is 0 Å². The Labute approximate surface area is 101 Å². The number of carbonyl (C=O) groups is 1. The minimum Gasteiger partial charge on any atom is -0.464 e. The van der Waals surface area contributed by atoms with E-state index in [0.29, 0.717) is 11.5 Å². The molecule has 0 saturated heterocycles. The third-order valence-electron chi connectivity index (χ3n) is 2.11. The molecule has 1 N–H and O–H groups in total. The molecule has 0 unspecified atom stereocenters. The van der Waals surface area contributed by atoms with E-state index < -0.39 is 5.97 Å². The fourth-order valence-electron chi connectivity index (χ4n) is 1.33. The number of benzene rings is 1. The van der Waals surface area contributed by atoms with Crippen LogP contribution in [0, 0.1) is 0 Å². The minimum absolute atomic E-state index is 0.341. The summed E-state index contributed by atoms with van der Waals surface area (Å²) in [4.78, 5) is 18.3. The predicted molar refractivity (Wildman–Crippen MR) is 63.1 cm³/mol. The van der Waals surface area contributed by atoms with Crippen LogP contribution < -0.4 is 0 Å². The molecule has 16 heavy (non-hydrogen) atoms. The Morgan fingerprint density at radius 1 is 1.44 bits per heavy atom. The summed E-state index contributed by atoms with van der Waals surface area (Å²) in [5.41, 5.74) is 1.24. The van der Waals surface area contributed by atoms with Crippen molar-refractivity contribution in [2.75, 3.05) is 7.11 Å². The highest BCUT2D eigenvalue weighted by molar-refractivity contribution is 9.10. The summed E-state index contributed by atoms with van der Waals surface area (Å²) in [5.74, 6) is 0.207. The molecular formula is C11H9BrN2O2. The Bertz CT molecular complexity index is 522. The Kier molecular flexibility index (Phi) is 3.05. The summed E-state index contributed by atoms with van der Waals surface area (Å²) >= 11 is 3.42. The second kappa shape index (κ2) is 4.49. The number of carbonyl (C=O) groups excluding carboxylic acids is 1. The van der Waals surface area contributed by atoms with E-state index in [4.69, 9.17) is 0 Å². The highest BCUT2D eigenvalue weighted by atomic mass is 79.9. The standard InChI is InChI=1S/C11H9BrN2O2/c1-16-11(15)9-6-13-10(14-9)7-4-2-3-5-8(7)12/h2-6H,1H3,(H,13,14). The number of aromatic amines is 1. The highest BCUT2D eigenvalue weighted by Crippen LogP contribution is 2.25. The lowest BCUT2D eigenvalue weighted by atomic mass is 10.2. The van der Waals surface area contributed by atoms with Crippen molar-refractivity contribution in [3.63, 3.8) is 0 Å².